The van der Waals surface area contributed by atoms with Crippen molar-refractivity contribution in [1.29, 1.82) is 5.26 Å². The molecule has 0 amide bonds. The van der Waals surface area contributed by atoms with Crippen LogP contribution in [-0.2, 0) is 7.05 Å². The molecule has 0 aliphatic carbocycles. The molecule has 1 fully saturated rings. The van der Waals surface area contributed by atoms with E-state index in [2.05, 4.69) is 32.8 Å². The Morgan fingerprint density at radius 2 is 1.92 bits per heavy atom. The second-order valence-corrected chi connectivity index (χ2v) is 9.43. The third kappa shape index (κ3) is 4.43. The predicted octanol–water partition coefficient (Wildman–Crippen LogP) is 4.29. The van der Waals surface area contributed by atoms with Crippen LogP contribution in [0.15, 0.2) is 65.6 Å². The lowest BCUT2D eigenvalue weighted by Crippen LogP contribution is -2.53. The molecule has 36 heavy (non-hydrogen) atoms. The number of rotatable bonds is 4. The Morgan fingerprint density at radius 3 is 2.61 bits per heavy atom. The number of hydrogen-bond acceptors (Lipinski definition) is 6. The molecule has 0 N–H and O–H groups in total. The van der Waals surface area contributed by atoms with Gasteiger partial charge in [0.1, 0.15) is 23.1 Å². The molecule has 3 aromatic heterocycles. The zero-order valence-electron chi connectivity index (χ0n) is 19.9. The van der Waals surface area contributed by atoms with Crippen LogP contribution in [0.2, 0.25) is 5.02 Å². The lowest BCUT2D eigenvalue weighted by atomic mass is 9.99. The molecule has 2 atom stereocenters. The van der Waals surface area contributed by atoms with E-state index in [0.29, 0.717) is 52.8 Å². The summed E-state index contributed by atoms with van der Waals surface area (Å²) in [4.78, 5) is 26.2. The first-order valence-electron chi connectivity index (χ1n) is 11.6. The number of fused-ring (bicyclic) bond motifs is 1. The van der Waals surface area contributed by atoms with Crippen molar-refractivity contribution in [3.63, 3.8) is 0 Å². The topological polar surface area (TPSA) is 78.0 Å². The lowest BCUT2D eigenvalue weighted by molar-refractivity contribution is 0.185. The normalized spacial score (nSPS) is 17.2. The van der Waals surface area contributed by atoms with Crippen molar-refractivity contribution in [2.75, 3.05) is 24.5 Å². The van der Waals surface area contributed by atoms with E-state index in [9.17, 15) is 14.4 Å². The van der Waals surface area contributed by atoms with E-state index in [4.69, 9.17) is 11.6 Å². The number of nitriles is 1. The Hall–Kier alpha value is -3.80. The minimum absolute atomic E-state index is 0.00459. The van der Waals surface area contributed by atoms with Gasteiger partial charge in [-0.1, -0.05) is 23.7 Å². The van der Waals surface area contributed by atoms with Crippen molar-refractivity contribution in [2.45, 2.75) is 19.0 Å². The van der Waals surface area contributed by atoms with Gasteiger partial charge in [0.15, 0.2) is 0 Å². The van der Waals surface area contributed by atoms with Gasteiger partial charge < -0.3 is 9.47 Å². The van der Waals surface area contributed by atoms with E-state index in [-0.39, 0.29) is 23.5 Å². The highest BCUT2D eigenvalue weighted by Crippen LogP contribution is 2.33. The van der Waals surface area contributed by atoms with Gasteiger partial charge in [-0.25, -0.2) is 9.37 Å². The van der Waals surface area contributed by atoms with Gasteiger partial charge in [0, 0.05) is 50.0 Å². The second-order valence-electron chi connectivity index (χ2n) is 8.99. The smallest absolute Gasteiger partial charge is 0.252 e. The summed E-state index contributed by atoms with van der Waals surface area (Å²) in [6.45, 7) is 3.98. The van der Waals surface area contributed by atoms with Gasteiger partial charge in [-0.05, 0) is 48.9 Å². The molecule has 1 aromatic carbocycles. The predicted molar refractivity (Wildman–Crippen MR) is 138 cm³/mol. The van der Waals surface area contributed by atoms with Crippen LogP contribution in [0, 0.1) is 17.1 Å². The van der Waals surface area contributed by atoms with Gasteiger partial charge in [-0.3, -0.25) is 14.7 Å². The summed E-state index contributed by atoms with van der Waals surface area (Å²) in [7, 11) is 1.70. The molecular formula is C27H24ClFN6O. The molecule has 9 heteroatoms. The van der Waals surface area contributed by atoms with E-state index in [1.807, 2.05) is 24.3 Å². The molecule has 4 heterocycles. The maximum absolute atomic E-state index is 14.2. The Balaban J connectivity index is 1.52. The molecule has 1 aliphatic heterocycles. The van der Waals surface area contributed by atoms with E-state index in [1.165, 1.54) is 18.3 Å². The van der Waals surface area contributed by atoms with Crippen molar-refractivity contribution < 1.29 is 4.39 Å². The molecule has 1 aliphatic rings. The number of hydrogen-bond donors (Lipinski definition) is 0. The number of pyridine rings is 3. The van der Waals surface area contributed by atoms with Crippen LogP contribution in [0.25, 0.3) is 11.0 Å². The van der Waals surface area contributed by atoms with Crippen LogP contribution in [0.1, 0.15) is 29.9 Å². The average Bonchev–Trinajstić information content (AvgIpc) is 2.87. The van der Waals surface area contributed by atoms with Crippen LogP contribution in [0.4, 0.5) is 10.1 Å². The molecular weight excluding hydrogens is 479 g/mol. The Kier molecular flexibility index (Phi) is 6.44. The molecule has 1 saturated heterocycles. The third-order valence-electron chi connectivity index (χ3n) is 6.73. The summed E-state index contributed by atoms with van der Waals surface area (Å²) in [6.07, 6.45) is 1.48. The maximum atomic E-state index is 14.2. The van der Waals surface area contributed by atoms with E-state index in [1.54, 1.807) is 29.8 Å². The zero-order valence-corrected chi connectivity index (χ0v) is 20.7. The quantitative estimate of drug-likeness (QED) is 0.414. The second kappa shape index (κ2) is 9.69. The fraction of sp³-hybridized carbons (Fsp3) is 0.259. The SMILES string of the molecule is C[C@H]1CN(C(c2ccc(Cl)cc2)c2cc(F)ccn2)CCN1c1cc(=O)n(C)c2ccc(C#N)nc12. The summed E-state index contributed by atoms with van der Waals surface area (Å²) < 4.78 is 15.7. The van der Waals surface area contributed by atoms with Gasteiger partial charge in [-0.2, -0.15) is 5.26 Å². The first kappa shape index (κ1) is 23.9. The van der Waals surface area contributed by atoms with Crippen LogP contribution in [0.3, 0.4) is 0 Å². The monoisotopic (exact) mass is 502 g/mol. The molecule has 0 radical (unpaired) electrons. The molecule has 5 rings (SSSR count). The van der Waals surface area contributed by atoms with Crippen LogP contribution < -0.4 is 10.5 Å². The number of aryl methyl sites for hydroxylation is 1. The highest BCUT2D eigenvalue weighted by Gasteiger charge is 2.32. The zero-order chi connectivity index (χ0) is 25.4. The van der Waals surface area contributed by atoms with Gasteiger partial charge >= 0.3 is 0 Å². The van der Waals surface area contributed by atoms with Crippen molar-refractivity contribution in [3.8, 4) is 6.07 Å². The van der Waals surface area contributed by atoms with Crippen molar-refractivity contribution in [2.24, 2.45) is 7.05 Å². The van der Waals surface area contributed by atoms with Crippen LogP contribution >= 0.6 is 11.6 Å². The fourth-order valence-corrected chi connectivity index (χ4v) is 5.08. The average molecular weight is 503 g/mol. The van der Waals surface area contributed by atoms with Gasteiger partial charge in [0.2, 0.25) is 0 Å². The number of nitrogens with zero attached hydrogens (tertiary/aromatic N) is 6. The fourth-order valence-electron chi connectivity index (χ4n) is 4.96. The highest BCUT2D eigenvalue weighted by molar-refractivity contribution is 6.30. The molecule has 7 nitrogen and oxygen atoms in total. The van der Waals surface area contributed by atoms with Gasteiger partial charge in [0.25, 0.3) is 5.56 Å². The van der Waals surface area contributed by atoms with Crippen molar-refractivity contribution in [1.82, 2.24) is 19.4 Å². The molecule has 0 saturated carbocycles. The minimum Gasteiger partial charge on any atom is -0.364 e. The van der Waals surface area contributed by atoms with Crippen molar-refractivity contribution in [3.05, 3.63) is 98.9 Å². The first-order valence-corrected chi connectivity index (χ1v) is 12.0. The van der Waals surface area contributed by atoms with E-state index in [0.717, 1.165) is 5.56 Å². The molecule has 0 spiro atoms. The first-order chi connectivity index (χ1) is 17.4. The van der Waals surface area contributed by atoms with Crippen LogP contribution in [-0.4, -0.2) is 45.1 Å². The Morgan fingerprint density at radius 1 is 1.14 bits per heavy atom. The van der Waals surface area contributed by atoms with Crippen molar-refractivity contribution >= 4 is 28.3 Å². The summed E-state index contributed by atoms with van der Waals surface area (Å²) in [6, 6.07) is 17.2. The molecule has 4 aromatic rings. The number of aromatic nitrogens is 3. The number of benzene rings is 1. The van der Waals surface area contributed by atoms with Gasteiger partial charge in [-0.15, -0.1) is 0 Å². The summed E-state index contributed by atoms with van der Waals surface area (Å²) >= 11 is 6.13. The summed E-state index contributed by atoms with van der Waals surface area (Å²) in [5.41, 5.74) is 3.76. The maximum Gasteiger partial charge on any atom is 0.252 e. The van der Waals surface area contributed by atoms with E-state index < -0.39 is 0 Å². The molecule has 0 bridgehead atoms. The van der Waals surface area contributed by atoms with Crippen LogP contribution in [0.5, 0.6) is 0 Å². The highest BCUT2D eigenvalue weighted by atomic mass is 35.5. The Bertz CT molecular complexity index is 1530. The standard InChI is InChI=1S/C27H24ClFN6O/c1-17-16-34(27(18-3-5-19(28)6-4-18)22-13-20(29)9-10-31-22)11-12-35(17)24-14-25(36)33(2)23-8-7-21(15-30)32-26(23)24/h3-10,13-14,17,27H,11-12,16H2,1-2H3/t17-,27?/m0/s1. The number of halogens is 2. The van der Waals surface area contributed by atoms with Gasteiger partial charge in [0.05, 0.1) is 22.9 Å². The molecule has 182 valence electrons. The molecule has 1 unspecified atom stereocenters. The largest absolute Gasteiger partial charge is 0.364 e. The minimum atomic E-state index is -0.336. The lowest BCUT2D eigenvalue weighted by Gasteiger charge is -2.44. The third-order valence-corrected chi connectivity index (χ3v) is 6.98. The summed E-state index contributed by atoms with van der Waals surface area (Å²) in [5.74, 6) is -0.336. The number of piperazine rings is 1. The van der Waals surface area contributed by atoms with E-state index >= 15 is 0 Å². The summed E-state index contributed by atoms with van der Waals surface area (Å²) in [5, 5.41) is 10.0. The Labute approximate surface area is 213 Å². The number of anilines is 1.